The third kappa shape index (κ3) is 4.55. The molecule has 0 saturated heterocycles. The van der Waals surface area contributed by atoms with Crippen molar-refractivity contribution in [2.24, 2.45) is 0 Å². The van der Waals surface area contributed by atoms with Gasteiger partial charge in [-0.15, -0.1) is 0 Å². The van der Waals surface area contributed by atoms with Crippen molar-refractivity contribution >= 4 is 11.8 Å². The Morgan fingerprint density at radius 1 is 1.06 bits per heavy atom. The molecule has 0 fully saturated rings. The Balaban J connectivity index is 4.47. The van der Waals surface area contributed by atoms with Crippen molar-refractivity contribution < 1.29 is 23.8 Å². The minimum absolute atomic E-state index is 0.0397. The first kappa shape index (κ1) is 14.8. The molecule has 0 aromatic carbocycles. The van der Waals surface area contributed by atoms with E-state index in [9.17, 15) is 9.59 Å². The van der Waals surface area contributed by atoms with Gasteiger partial charge in [-0.1, -0.05) is 6.58 Å². The van der Waals surface area contributed by atoms with Crippen LogP contribution in [0.1, 0.15) is 20.8 Å². The zero-order valence-corrected chi connectivity index (χ0v) is 9.95. The Kier molecular flexibility index (Phi) is 7.41. The topological polar surface area (TPSA) is 61.8 Å². The van der Waals surface area contributed by atoms with Crippen LogP contribution in [0, 0.1) is 0 Å². The molecule has 0 radical (unpaired) electrons. The zero-order valence-electron chi connectivity index (χ0n) is 9.95. The number of ketones is 1. The first-order valence-corrected chi connectivity index (χ1v) is 5.21. The van der Waals surface area contributed by atoms with Crippen molar-refractivity contribution in [1.29, 1.82) is 0 Å². The molecule has 0 aliphatic rings. The lowest BCUT2D eigenvalue weighted by Gasteiger charge is -2.17. The van der Waals surface area contributed by atoms with Crippen molar-refractivity contribution in [2.45, 2.75) is 27.1 Å². The van der Waals surface area contributed by atoms with Gasteiger partial charge in [0.1, 0.15) is 0 Å². The van der Waals surface area contributed by atoms with Gasteiger partial charge in [0.05, 0.1) is 12.2 Å². The molecule has 0 spiro atoms. The molecule has 0 aliphatic carbocycles. The van der Waals surface area contributed by atoms with Crippen molar-refractivity contribution in [3.05, 3.63) is 12.2 Å². The molecule has 0 unspecified atom stereocenters. The number of hydrogen-bond acceptors (Lipinski definition) is 5. The SMILES string of the molecule is C=C(C(=O)C(=O)OCC)C(OCC)OCC. The fourth-order valence-corrected chi connectivity index (χ4v) is 0.987. The first-order valence-electron chi connectivity index (χ1n) is 5.21. The fourth-order valence-electron chi connectivity index (χ4n) is 0.987. The molecule has 0 aliphatic heterocycles. The second-order valence-corrected chi connectivity index (χ2v) is 2.82. The maximum Gasteiger partial charge on any atom is 0.379 e. The number of hydrogen-bond donors (Lipinski definition) is 0. The normalized spacial score (nSPS) is 10.2. The third-order valence-electron chi connectivity index (χ3n) is 1.67. The minimum atomic E-state index is -0.933. The summed E-state index contributed by atoms with van der Waals surface area (Å²) in [7, 11) is 0. The van der Waals surface area contributed by atoms with Gasteiger partial charge in [-0.05, 0) is 20.8 Å². The van der Waals surface area contributed by atoms with Gasteiger partial charge in [0.25, 0.3) is 5.78 Å². The molecule has 0 atom stereocenters. The first-order chi connectivity index (χ1) is 7.58. The average Bonchev–Trinajstić information content (AvgIpc) is 2.27. The number of ether oxygens (including phenoxy) is 3. The second kappa shape index (κ2) is 8.01. The summed E-state index contributed by atoms with van der Waals surface area (Å²) in [5, 5.41) is 0. The second-order valence-electron chi connectivity index (χ2n) is 2.82. The van der Waals surface area contributed by atoms with Gasteiger partial charge in [-0.25, -0.2) is 4.79 Å². The highest BCUT2D eigenvalue weighted by atomic mass is 16.7. The Labute approximate surface area is 95.4 Å². The van der Waals surface area contributed by atoms with Gasteiger partial charge in [-0.2, -0.15) is 0 Å². The Morgan fingerprint density at radius 2 is 1.56 bits per heavy atom. The number of Topliss-reactive ketones (excluding diaryl/α,β-unsaturated/α-hetero) is 1. The predicted molar refractivity (Wildman–Crippen MR) is 57.8 cm³/mol. The number of rotatable bonds is 8. The highest BCUT2D eigenvalue weighted by Crippen LogP contribution is 2.09. The molecule has 0 aromatic heterocycles. The van der Waals surface area contributed by atoms with Crippen molar-refractivity contribution in [3.8, 4) is 0 Å². The number of esters is 1. The molecule has 0 rings (SSSR count). The van der Waals surface area contributed by atoms with Crippen LogP contribution in [0.5, 0.6) is 0 Å². The van der Waals surface area contributed by atoms with Gasteiger partial charge in [0, 0.05) is 13.2 Å². The summed E-state index contributed by atoms with van der Waals surface area (Å²) in [6.07, 6.45) is -0.882. The van der Waals surface area contributed by atoms with Crippen LogP contribution in [0.15, 0.2) is 12.2 Å². The van der Waals surface area contributed by atoms with E-state index in [0.29, 0.717) is 13.2 Å². The van der Waals surface area contributed by atoms with E-state index in [1.807, 2.05) is 0 Å². The maximum absolute atomic E-state index is 11.5. The van der Waals surface area contributed by atoms with Crippen molar-refractivity contribution in [3.63, 3.8) is 0 Å². The van der Waals surface area contributed by atoms with Crippen LogP contribution < -0.4 is 0 Å². The summed E-state index contributed by atoms with van der Waals surface area (Å²) in [5.41, 5.74) is -0.0397. The standard InChI is InChI=1S/C11H18O5/c1-5-14-10(13)9(12)8(4)11(15-6-2)16-7-3/h11H,4-7H2,1-3H3. The zero-order chi connectivity index (χ0) is 12.6. The van der Waals surface area contributed by atoms with Crippen LogP contribution in [0.3, 0.4) is 0 Å². The van der Waals surface area contributed by atoms with Gasteiger partial charge in [0.15, 0.2) is 6.29 Å². The van der Waals surface area contributed by atoms with Crippen LogP contribution in [-0.4, -0.2) is 37.9 Å². The predicted octanol–water partition coefficient (Wildman–Crippen LogP) is 1.07. The molecular weight excluding hydrogens is 212 g/mol. The molecule has 0 amide bonds. The third-order valence-corrected chi connectivity index (χ3v) is 1.67. The lowest BCUT2D eigenvalue weighted by atomic mass is 10.2. The van der Waals surface area contributed by atoms with E-state index in [-0.39, 0.29) is 12.2 Å². The average molecular weight is 230 g/mol. The monoisotopic (exact) mass is 230 g/mol. The lowest BCUT2D eigenvalue weighted by Crippen LogP contribution is -2.29. The Bertz CT molecular complexity index is 253. The fraction of sp³-hybridized carbons (Fsp3) is 0.636. The number of carbonyl (C=O) groups is 2. The van der Waals surface area contributed by atoms with E-state index in [2.05, 4.69) is 11.3 Å². The molecule has 16 heavy (non-hydrogen) atoms. The van der Waals surface area contributed by atoms with E-state index in [4.69, 9.17) is 9.47 Å². The Morgan fingerprint density at radius 3 is 1.94 bits per heavy atom. The maximum atomic E-state index is 11.5. The van der Waals surface area contributed by atoms with E-state index in [1.165, 1.54) is 0 Å². The molecule has 0 heterocycles. The van der Waals surface area contributed by atoms with E-state index in [0.717, 1.165) is 0 Å². The summed E-state index contributed by atoms with van der Waals surface area (Å²) < 4.78 is 14.9. The van der Waals surface area contributed by atoms with Gasteiger partial charge >= 0.3 is 5.97 Å². The molecule has 0 bridgehead atoms. The lowest BCUT2D eigenvalue weighted by molar-refractivity contribution is -0.156. The summed E-state index contributed by atoms with van der Waals surface area (Å²) in [4.78, 5) is 22.6. The van der Waals surface area contributed by atoms with Gasteiger partial charge in [0.2, 0.25) is 0 Å². The summed E-state index contributed by atoms with van der Waals surface area (Å²) in [6, 6.07) is 0. The van der Waals surface area contributed by atoms with Crippen LogP contribution in [0.4, 0.5) is 0 Å². The smallest absolute Gasteiger partial charge is 0.379 e. The van der Waals surface area contributed by atoms with E-state index >= 15 is 0 Å². The highest BCUT2D eigenvalue weighted by Gasteiger charge is 2.26. The summed E-state index contributed by atoms with van der Waals surface area (Å²) in [6.45, 7) is 9.50. The molecule has 0 N–H and O–H groups in total. The van der Waals surface area contributed by atoms with E-state index < -0.39 is 18.0 Å². The molecule has 0 saturated carbocycles. The van der Waals surface area contributed by atoms with Crippen molar-refractivity contribution in [2.75, 3.05) is 19.8 Å². The van der Waals surface area contributed by atoms with Crippen LogP contribution in [-0.2, 0) is 23.8 Å². The molecule has 5 nitrogen and oxygen atoms in total. The van der Waals surface area contributed by atoms with Crippen molar-refractivity contribution in [1.82, 2.24) is 0 Å². The largest absolute Gasteiger partial charge is 0.460 e. The van der Waals surface area contributed by atoms with Crippen LogP contribution in [0.25, 0.3) is 0 Å². The van der Waals surface area contributed by atoms with Crippen LogP contribution in [0.2, 0.25) is 0 Å². The summed E-state index contributed by atoms with van der Waals surface area (Å²) in [5.74, 6) is -1.74. The van der Waals surface area contributed by atoms with Gasteiger partial charge < -0.3 is 14.2 Å². The Hall–Kier alpha value is -1.20. The summed E-state index contributed by atoms with van der Waals surface area (Å²) >= 11 is 0. The highest BCUT2D eigenvalue weighted by molar-refractivity contribution is 6.40. The molecular formula is C11H18O5. The van der Waals surface area contributed by atoms with E-state index in [1.54, 1.807) is 20.8 Å². The molecule has 5 heteroatoms. The van der Waals surface area contributed by atoms with Crippen LogP contribution >= 0.6 is 0 Å². The number of carbonyl (C=O) groups excluding carboxylic acids is 2. The van der Waals surface area contributed by atoms with Gasteiger partial charge in [-0.3, -0.25) is 4.79 Å². The minimum Gasteiger partial charge on any atom is -0.460 e. The molecule has 92 valence electrons. The molecule has 0 aromatic rings. The quantitative estimate of drug-likeness (QED) is 0.270.